The van der Waals surface area contributed by atoms with Crippen LogP contribution in [0.3, 0.4) is 0 Å². The van der Waals surface area contributed by atoms with Gasteiger partial charge in [-0.3, -0.25) is 14.3 Å². The van der Waals surface area contributed by atoms with Gasteiger partial charge in [-0.1, -0.05) is 30.3 Å². The third-order valence-electron chi connectivity index (χ3n) is 8.00. The number of nitrogens with zero attached hydrogens (tertiary/aromatic N) is 4. The molecule has 3 heterocycles. The van der Waals surface area contributed by atoms with Gasteiger partial charge in [0, 0.05) is 61.1 Å². The van der Waals surface area contributed by atoms with Crippen molar-refractivity contribution in [1.29, 1.82) is 0 Å². The van der Waals surface area contributed by atoms with Gasteiger partial charge in [0.25, 0.3) is 11.8 Å². The van der Waals surface area contributed by atoms with Gasteiger partial charge in [0.1, 0.15) is 0 Å². The minimum Gasteiger partial charge on any atom is -0.432 e. The van der Waals surface area contributed by atoms with Crippen molar-refractivity contribution in [2.45, 2.75) is 56.7 Å². The van der Waals surface area contributed by atoms with Crippen LogP contribution in [0.5, 0.6) is 0 Å². The van der Waals surface area contributed by atoms with E-state index >= 15 is 0 Å². The molecular weight excluding hydrogens is 514 g/mol. The number of carbonyl (C=O) groups is 2. The highest BCUT2D eigenvalue weighted by molar-refractivity contribution is 6.71. The molecule has 11 heteroatoms. The minimum atomic E-state index is -2.79. The zero-order chi connectivity index (χ0) is 27.9. The lowest BCUT2D eigenvalue weighted by molar-refractivity contribution is -0.145. The van der Waals surface area contributed by atoms with Gasteiger partial charge in [-0.15, -0.1) is 5.10 Å². The molecule has 0 bridgehead atoms. The standard InChI is InChI=1S/C28H35N5O5Si/c1-18-25(39(3,4)37)24(12-14-33-17-21(13-15-34)30-31-33)38-28(18)22-16-20(10-11-23(22)32(2)27(28)36)29-26(35)19-8-6-5-7-9-19/h5-11,16-18,24-25,34,37H,12-15H2,1-4H3,(H,29,35)/t18-,24+,25-,28+/m0/s1. The topological polar surface area (TPSA) is 130 Å². The number of carbonyl (C=O) groups excluding carboxylic acids is 2. The zero-order valence-corrected chi connectivity index (χ0v) is 23.7. The predicted molar refractivity (Wildman–Crippen MR) is 149 cm³/mol. The smallest absolute Gasteiger partial charge is 0.264 e. The predicted octanol–water partition coefficient (Wildman–Crippen LogP) is 2.93. The van der Waals surface area contributed by atoms with E-state index in [-0.39, 0.29) is 36.0 Å². The maximum Gasteiger partial charge on any atom is 0.264 e. The second-order valence-corrected chi connectivity index (χ2v) is 15.0. The summed E-state index contributed by atoms with van der Waals surface area (Å²) in [5.41, 5.74) is 1.75. The van der Waals surface area contributed by atoms with Gasteiger partial charge in [-0.2, -0.15) is 0 Å². The molecule has 5 rings (SSSR count). The number of amides is 2. The van der Waals surface area contributed by atoms with Crippen LogP contribution in [-0.2, 0) is 28.1 Å². The first-order valence-corrected chi connectivity index (χ1v) is 16.3. The van der Waals surface area contributed by atoms with Crippen LogP contribution >= 0.6 is 0 Å². The van der Waals surface area contributed by atoms with Gasteiger partial charge in [0.2, 0.25) is 0 Å². The van der Waals surface area contributed by atoms with Crippen LogP contribution < -0.4 is 10.2 Å². The van der Waals surface area contributed by atoms with Crippen molar-refractivity contribution in [1.82, 2.24) is 15.0 Å². The SMILES string of the molecule is C[C@H]1[C@H]([Si](C)(C)O)[C@@H](CCn2cc(CCO)nn2)O[C@]12C(=O)N(C)c1ccc(NC(=O)c3ccccc3)cc12. The molecule has 1 aromatic heterocycles. The average molecular weight is 550 g/mol. The maximum absolute atomic E-state index is 13.9. The van der Waals surface area contributed by atoms with E-state index in [1.807, 2.05) is 50.3 Å². The van der Waals surface area contributed by atoms with Crippen molar-refractivity contribution >= 4 is 31.5 Å². The summed E-state index contributed by atoms with van der Waals surface area (Å²) in [4.78, 5) is 39.8. The molecule has 0 radical (unpaired) electrons. The van der Waals surface area contributed by atoms with E-state index in [4.69, 9.17) is 4.74 Å². The Labute approximate surface area is 228 Å². The Morgan fingerprint density at radius 3 is 2.64 bits per heavy atom. The first kappa shape index (κ1) is 27.2. The number of aliphatic hydroxyl groups is 1. The zero-order valence-electron chi connectivity index (χ0n) is 22.7. The molecule has 2 aromatic carbocycles. The summed E-state index contributed by atoms with van der Waals surface area (Å²) in [6.45, 7) is 6.26. The molecule has 206 valence electrons. The molecule has 3 N–H and O–H groups in total. The van der Waals surface area contributed by atoms with Crippen molar-refractivity contribution in [3.8, 4) is 0 Å². The number of aryl methyl sites for hydroxylation is 1. The van der Waals surface area contributed by atoms with Crippen LogP contribution in [0.2, 0.25) is 18.6 Å². The lowest BCUT2D eigenvalue weighted by Crippen LogP contribution is -2.45. The van der Waals surface area contributed by atoms with E-state index in [1.165, 1.54) is 0 Å². The van der Waals surface area contributed by atoms with Crippen molar-refractivity contribution in [3.05, 3.63) is 71.5 Å². The lowest BCUT2D eigenvalue weighted by atomic mass is 9.82. The number of ether oxygens (including phenoxy) is 1. The van der Waals surface area contributed by atoms with Gasteiger partial charge >= 0.3 is 0 Å². The lowest BCUT2D eigenvalue weighted by Gasteiger charge is -2.32. The van der Waals surface area contributed by atoms with Gasteiger partial charge in [0.15, 0.2) is 13.9 Å². The average Bonchev–Trinajstić information content (AvgIpc) is 3.54. The summed E-state index contributed by atoms with van der Waals surface area (Å²) in [5.74, 6) is -0.713. The van der Waals surface area contributed by atoms with Crippen LogP contribution in [0, 0.1) is 5.92 Å². The molecule has 1 saturated heterocycles. The van der Waals surface area contributed by atoms with E-state index in [1.54, 1.807) is 41.0 Å². The first-order chi connectivity index (χ1) is 18.6. The first-order valence-electron chi connectivity index (χ1n) is 13.3. The molecule has 10 nitrogen and oxygen atoms in total. The highest BCUT2D eigenvalue weighted by Crippen LogP contribution is 2.59. The number of anilines is 2. The van der Waals surface area contributed by atoms with E-state index < -0.39 is 13.9 Å². The Morgan fingerprint density at radius 2 is 1.95 bits per heavy atom. The number of fused-ring (bicyclic) bond motifs is 2. The summed E-state index contributed by atoms with van der Waals surface area (Å²) >= 11 is 0. The van der Waals surface area contributed by atoms with Crippen LogP contribution in [0.4, 0.5) is 11.4 Å². The number of rotatable bonds is 8. The van der Waals surface area contributed by atoms with E-state index in [0.29, 0.717) is 41.9 Å². The number of aromatic nitrogens is 3. The molecule has 2 aliphatic heterocycles. The molecule has 1 spiro atoms. The molecule has 2 amide bonds. The molecular formula is C28H35N5O5Si. The Bertz CT molecular complexity index is 1370. The van der Waals surface area contributed by atoms with Gasteiger partial charge in [-0.25, -0.2) is 0 Å². The fourth-order valence-electron chi connectivity index (χ4n) is 6.26. The molecule has 1 fully saturated rings. The normalized spacial score (nSPS) is 24.4. The summed E-state index contributed by atoms with van der Waals surface area (Å²) in [5, 5.41) is 20.4. The molecule has 39 heavy (non-hydrogen) atoms. The van der Waals surface area contributed by atoms with Crippen molar-refractivity contribution in [2.24, 2.45) is 5.92 Å². The van der Waals surface area contributed by atoms with E-state index in [9.17, 15) is 19.5 Å². The Morgan fingerprint density at radius 1 is 1.21 bits per heavy atom. The highest BCUT2D eigenvalue weighted by Gasteiger charge is 2.65. The number of nitrogens with one attached hydrogen (secondary N) is 1. The van der Waals surface area contributed by atoms with Crippen LogP contribution in [0.25, 0.3) is 0 Å². The van der Waals surface area contributed by atoms with Gasteiger partial charge in [0.05, 0.1) is 17.5 Å². The van der Waals surface area contributed by atoms with Crippen LogP contribution in [-0.4, -0.2) is 64.8 Å². The van der Waals surface area contributed by atoms with Crippen molar-refractivity contribution in [3.63, 3.8) is 0 Å². The number of benzene rings is 2. The van der Waals surface area contributed by atoms with Crippen LogP contribution in [0.1, 0.15) is 35.0 Å². The quantitative estimate of drug-likeness (QED) is 0.369. The Kier molecular flexibility index (Phi) is 7.18. The monoisotopic (exact) mass is 549 g/mol. The van der Waals surface area contributed by atoms with Crippen LogP contribution in [0.15, 0.2) is 54.7 Å². The second-order valence-electron chi connectivity index (χ2n) is 11.0. The molecule has 0 aliphatic carbocycles. The fourth-order valence-corrected chi connectivity index (χ4v) is 8.86. The van der Waals surface area contributed by atoms with E-state index in [2.05, 4.69) is 15.6 Å². The second kappa shape index (κ2) is 10.3. The van der Waals surface area contributed by atoms with Gasteiger partial charge in [-0.05, 0) is 49.8 Å². The maximum atomic E-state index is 13.9. The molecule has 3 aromatic rings. The molecule has 0 unspecified atom stereocenters. The summed E-state index contributed by atoms with van der Waals surface area (Å²) in [7, 11) is -1.06. The Hall–Kier alpha value is -3.38. The third kappa shape index (κ3) is 4.80. The van der Waals surface area contributed by atoms with Gasteiger partial charge < -0.3 is 24.9 Å². The largest absolute Gasteiger partial charge is 0.432 e. The summed E-state index contributed by atoms with van der Waals surface area (Å²) in [6.07, 6.45) is 2.38. The number of likely N-dealkylation sites (N-methyl/N-ethyl adjacent to an activating group) is 1. The Balaban J connectivity index is 1.47. The van der Waals surface area contributed by atoms with Crippen molar-refractivity contribution in [2.75, 3.05) is 23.9 Å². The summed E-state index contributed by atoms with van der Waals surface area (Å²) < 4.78 is 8.47. The van der Waals surface area contributed by atoms with E-state index in [0.717, 1.165) is 5.69 Å². The third-order valence-corrected chi connectivity index (χ3v) is 10.5. The fraction of sp³-hybridized carbons (Fsp3) is 0.429. The summed E-state index contributed by atoms with van der Waals surface area (Å²) in [6, 6.07) is 14.4. The number of aliphatic hydroxyl groups excluding tert-OH is 1. The number of hydrogen-bond donors (Lipinski definition) is 3. The van der Waals surface area contributed by atoms with Crippen molar-refractivity contribution < 1.29 is 24.2 Å². The minimum absolute atomic E-state index is 0.000328. The molecule has 2 aliphatic rings. The molecule has 0 saturated carbocycles. The molecule has 4 atom stereocenters. The number of hydrogen-bond acceptors (Lipinski definition) is 7. The highest BCUT2D eigenvalue weighted by atomic mass is 28.4.